The molecular formula is C32H37N7O2. The molecule has 5 rings (SSSR count). The molecule has 3 heterocycles. The fourth-order valence-corrected chi connectivity index (χ4v) is 5.05. The lowest BCUT2D eigenvalue weighted by atomic mass is 10.2. The van der Waals surface area contributed by atoms with E-state index < -0.39 is 0 Å². The Kier molecular flexibility index (Phi) is 9.05. The maximum absolute atomic E-state index is 13.6. The van der Waals surface area contributed by atoms with Gasteiger partial charge in [-0.05, 0) is 18.6 Å². The van der Waals surface area contributed by atoms with E-state index in [0.29, 0.717) is 37.8 Å². The number of rotatable bonds is 10. The van der Waals surface area contributed by atoms with E-state index in [0.717, 1.165) is 41.9 Å². The van der Waals surface area contributed by atoms with Crippen molar-refractivity contribution in [3.63, 3.8) is 0 Å². The van der Waals surface area contributed by atoms with Crippen LogP contribution in [0, 0.1) is 6.92 Å². The third kappa shape index (κ3) is 7.37. The zero-order valence-corrected chi connectivity index (χ0v) is 23.7. The zero-order chi connectivity index (χ0) is 28.6. The molecule has 4 aromatic rings. The number of aromatic amines is 1. The normalized spacial score (nSPS) is 14.0. The van der Waals surface area contributed by atoms with Crippen molar-refractivity contribution < 1.29 is 9.59 Å². The Morgan fingerprint density at radius 2 is 1.71 bits per heavy atom. The molecule has 0 bridgehead atoms. The Morgan fingerprint density at radius 3 is 2.41 bits per heavy atom. The first-order valence-corrected chi connectivity index (χ1v) is 14.1. The van der Waals surface area contributed by atoms with Crippen LogP contribution in [-0.2, 0) is 9.59 Å². The number of amides is 2. The van der Waals surface area contributed by atoms with Gasteiger partial charge in [-0.15, -0.1) is 0 Å². The number of carbonyl (C=O) groups excluding carboxylic acids is 2. The summed E-state index contributed by atoms with van der Waals surface area (Å²) in [6.07, 6.45) is 4.32. The number of H-pyrrole nitrogens is 1. The quantitative estimate of drug-likeness (QED) is 0.312. The minimum atomic E-state index is -0.107. The highest BCUT2D eigenvalue weighted by Gasteiger charge is 2.25. The topological polar surface area (TPSA) is 97.5 Å². The second-order valence-electron chi connectivity index (χ2n) is 10.4. The summed E-state index contributed by atoms with van der Waals surface area (Å²) in [4.78, 5) is 44.5. The van der Waals surface area contributed by atoms with E-state index in [9.17, 15) is 9.59 Å². The van der Waals surface area contributed by atoms with Crippen LogP contribution >= 0.6 is 0 Å². The van der Waals surface area contributed by atoms with E-state index in [1.54, 1.807) is 0 Å². The summed E-state index contributed by atoms with van der Waals surface area (Å²) in [5.41, 5.74) is 3.77. The van der Waals surface area contributed by atoms with Crippen molar-refractivity contribution in [3.8, 4) is 11.4 Å². The van der Waals surface area contributed by atoms with Crippen LogP contribution in [0.15, 0.2) is 72.8 Å². The van der Waals surface area contributed by atoms with E-state index in [4.69, 9.17) is 9.97 Å². The van der Waals surface area contributed by atoms with E-state index in [2.05, 4.69) is 39.5 Å². The number of fused-ring (bicyclic) bond motifs is 1. The van der Waals surface area contributed by atoms with Gasteiger partial charge in [0.1, 0.15) is 11.5 Å². The fourth-order valence-electron chi connectivity index (χ4n) is 5.05. The van der Waals surface area contributed by atoms with Gasteiger partial charge in [0.05, 0.1) is 11.9 Å². The molecule has 0 unspecified atom stereocenters. The molecule has 1 fully saturated rings. The van der Waals surface area contributed by atoms with E-state index in [1.807, 2.05) is 71.3 Å². The van der Waals surface area contributed by atoms with Gasteiger partial charge < -0.3 is 20.1 Å². The predicted octanol–water partition coefficient (Wildman–Crippen LogP) is 3.73. The first-order chi connectivity index (χ1) is 20.0. The number of aryl methyl sites for hydroxylation is 1. The van der Waals surface area contributed by atoms with Crippen LogP contribution in [0.1, 0.15) is 18.2 Å². The Morgan fingerprint density at radius 1 is 1.00 bits per heavy atom. The van der Waals surface area contributed by atoms with Crippen molar-refractivity contribution in [2.24, 2.45) is 0 Å². The van der Waals surface area contributed by atoms with E-state index in [-0.39, 0.29) is 18.4 Å². The van der Waals surface area contributed by atoms with Crippen molar-refractivity contribution in [1.82, 2.24) is 30.1 Å². The van der Waals surface area contributed by atoms with Gasteiger partial charge >= 0.3 is 0 Å². The van der Waals surface area contributed by atoms with Gasteiger partial charge in [0.25, 0.3) is 0 Å². The molecule has 1 saturated heterocycles. The first-order valence-electron chi connectivity index (χ1n) is 14.1. The smallest absolute Gasteiger partial charge is 0.242 e. The number of aromatic nitrogens is 3. The summed E-state index contributed by atoms with van der Waals surface area (Å²) in [7, 11) is 0. The van der Waals surface area contributed by atoms with Crippen LogP contribution < -0.4 is 10.2 Å². The number of nitrogens with one attached hydrogen (secondary N) is 2. The van der Waals surface area contributed by atoms with Crippen LogP contribution in [0.25, 0.3) is 28.5 Å². The minimum Gasteiger partial charge on any atom is -0.355 e. The van der Waals surface area contributed by atoms with E-state index in [1.165, 1.54) is 12.5 Å². The lowest BCUT2D eigenvalue weighted by Gasteiger charge is -2.35. The summed E-state index contributed by atoms with van der Waals surface area (Å²) < 4.78 is 0. The molecule has 1 aliphatic rings. The molecule has 0 spiro atoms. The number of anilines is 1. The SMILES string of the molecule is CC(=O)NCCN(CC(=O)N1CCN(CC=Cc2ccccc2)CC1)c1nc(-c2ccccc2)nc2[nH]c(C)cc12. The molecule has 2 N–H and O–H groups in total. The maximum atomic E-state index is 13.6. The monoisotopic (exact) mass is 551 g/mol. The number of carbonyl (C=O) groups is 2. The standard InChI is InChI=1S/C32H37N7O2/c1-24-22-28-31(34-24)35-30(27-13-7-4-8-14-27)36-32(28)39(17-15-33-25(2)40)23-29(41)38-20-18-37(19-21-38)16-9-12-26-10-5-3-6-11-26/h3-14,22H,15-21,23H2,1-2H3,(H,33,40)(H,34,35,36). The minimum absolute atomic E-state index is 0.0487. The predicted molar refractivity (Wildman–Crippen MR) is 163 cm³/mol. The average molecular weight is 552 g/mol. The first kappa shape index (κ1) is 28.0. The fraction of sp³-hybridized carbons (Fsp3) is 0.312. The number of hydrogen-bond acceptors (Lipinski definition) is 6. The molecule has 9 nitrogen and oxygen atoms in total. The molecule has 2 aromatic heterocycles. The highest BCUT2D eigenvalue weighted by molar-refractivity contribution is 5.92. The number of nitrogens with zero attached hydrogens (tertiary/aromatic N) is 5. The molecule has 9 heteroatoms. The van der Waals surface area contributed by atoms with Gasteiger partial charge in [0.15, 0.2) is 5.82 Å². The molecule has 0 aliphatic carbocycles. The molecule has 0 atom stereocenters. The second-order valence-corrected chi connectivity index (χ2v) is 10.4. The van der Waals surface area contributed by atoms with Crippen molar-refractivity contribution in [1.29, 1.82) is 0 Å². The van der Waals surface area contributed by atoms with Gasteiger partial charge in [0, 0.05) is 64.0 Å². The highest BCUT2D eigenvalue weighted by Crippen LogP contribution is 2.28. The van der Waals surface area contributed by atoms with Crippen LogP contribution in [0.5, 0.6) is 0 Å². The van der Waals surface area contributed by atoms with Gasteiger partial charge in [0.2, 0.25) is 11.8 Å². The van der Waals surface area contributed by atoms with Crippen molar-refractivity contribution in [3.05, 3.63) is 84.1 Å². The molecule has 41 heavy (non-hydrogen) atoms. The lowest BCUT2D eigenvalue weighted by Crippen LogP contribution is -2.51. The molecular weight excluding hydrogens is 514 g/mol. The number of hydrogen-bond donors (Lipinski definition) is 2. The van der Waals surface area contributed by atoms with Gasteiger partial charge in [-0.2, -0.15) is 0 Å². The average Bonchev–Trinajstić information content (AvgIpc) is 3.37. The third-order valence-corrected chi connectivity index (χ3v) is 7.21. The Bertz CT molecular complexity index is 1490. The van der Waals surface area contributed by atoms with Crippen LogP contribution in [0.2, 0.25) is 0 Å². The summed E-state index contributed by atoms with van der Waals surface area (Å²) in [6, 6.07) is 22.1. The van der Waals surface area contributed by atoms with Gasteiger partial charge in [-0.1, -0.05) is 72.8 Å². The maximum Gasteiger partial charge on any atom is 0.242 e. The largest absolute Gasteiger partial charge is 0.355 e. The molecule has 2 amide bonds. The van der Waals surface area contributed by atoms with E-state index >= 15 is 0 Å². The van der Waals surface area contributed by atoms with Crippen LogP contribution in [0.3, 0.4) is 0 Å². The third-order valence-electron chi connectivity index (χ3n) is 7.21. The van der Waals surface area contributed by atoms with Crippen LogP contribution in [-0.4, -0.2) is 88.9 Å². The Balaban J connectivity index is 1.30. The summed E-state index contributed by atoms with van der Waals surface area (Å²) in [6.45, 7) is 8.34. The molecule has 2 aromatic carbocycles. The highest BCUT2D eigenvalue weighted by atomic mass is 16.2. The van der Waals surface area contributed by atoms with Gasteiger partial charge in [-0.3, -0.25) is 14.5 Å². The van der Waals surface area contributed by atoms with Gasteiger partial charge in [-0.25, -0.2) is 9.97 Å². The van der Waals surface area contributed by atoms with Crippen LogP contribution in [0.4, 0.5) is 5.82 Å². The molecule has 212 valence electrons. The summed E-state index contributed by atoms with van der Waals surface area (Å²) >= 11 is 0. The van der Waals surface area contributed by atoms with Crippen molar-refractivity contribution in [2.75, 3.05) is 57.3 Å². The second kappa shape index (κ2) is 13.2. The molecule has 1 aliphatic heterocycles. The molecule has 0 saturated carbocycles. The lowest BCUT2D eigenvalue weighted by molar-refractivity contribution is -0.131. The van der Waals surface area contributed by atoms with Crippen molar-refractivity contribution in [2.45, 2.75) is 13.8 Å². The van der Waals surface area contributed by atoms with Crippen molar-refractivity contribution >= 4 is 34.7 Å². The number of piperazine rings is 1. The summed E-state index contributed by atoms with van der Waals surface area (Å²) in [5, 5.41) is 3.72. The zero-order valence-electron chi connectivity index (χ0n) is 23.7. The molecule has 0 radical (unpaired) electrons. The summed E-state index contributed by atoms with van der Waals surface area (Å²) in [5.74, 6) is 1.21. The Hall–Kier alpha value is -4.50. The number of benzene rings is 2. The Labute approximate surface area is 240 Å².